The van der Waals surface area contributed by atoms with Gasteiger partial charge in [0.05, 0.1) is 5.56 Å². The van der Waals surface area contributed by atoms with Crippen molar-refractivity contribution < 1.29 is 4.79 Å². The van der Waals surface area contributed by atoms with Crippen molar-refractivity contribution >= 4 is 39.1 Å². The number of hydrogen-bond donors (Lipinski definition) is 1. The molecule has 1 saturated heterocycles. The first-order chi connectivity index (χ1) is 11.1. The van der Waals surface area contributed by atoms with Gasteiger partial charge in [-0.05, 0) is 46.5 Å². The highest BCUT2D eigenvalue weighted by molar-refractivity contribution is 9.10. The molecule has 0 bridgehead atoms. The zero-order chi connectivity index (χ0) is 16.2. The maximum Gasteiger partial charge on any atom is 0.254 e. The summed E-state index contributed by atoms with van der Waals surface area (Å²) in [6.07, 6.45) is 2.65. The van der Waals surface area contributed by atoms with Crippen LogP contribution in [0.1, 0.15) is 16.8 Å². The Labute approximate surface area is 149 Å². The van der Waals surface area contributed by atoms with Gasteiger partial charge in [0.2, 0.25) is 0 Å². The maximum atomic E-state index is 12.3. The number of pyridine rings is 1. The molecule has 0 spiro atoms. The molecule has 1 fully saturated rings. The van der Waals surface area contributed by atoms with Crippen molar-refractivity contribution in [3.8, 4) is 0 Å². The molecule has 0 radical (unpaired) electrons. The summed E-state index contributed by atoms with van der Waals surface area (Å²) in [4.78, 5) is 18.6. The molecule has 1 aromatic carbocycles. The third-order valence-electron chi connectivity index (χ3n) is 4.01. The van der Waals surface area contributed by atoms with E-state index in [1.54, 1.807) is 12.3 Å². The zero-order valence-electron chi connectivity index (χ0n) is 12.5. The molecule has 1 aromatic heterocycles. The van der Waals surface area contributed by atoms with E-state index in [4.69, 9.17) is 11.6 Å². The lowest BCUT2D eigenvalue weighted by atomic mass is 10.1. The van der Waals surface area contributed by atoms with Gasteiger partial charge in [0, 0.05) is 36.0 Å². The van der Waals surface area contributed by atoms with Gasteiger partial charge in [-0.3, -0.25) is 4.79 Å². The van der Waals surface area contributed by atoms with Crippen LogP contribution < -0.4 is 10.2 Å². The normalized spacial score (nSPS) is 17.3. The smallest absolute Gasteiger partial charge is 0.254 e. The van der Waals surface area contributed by atoms with E-state index in [9.17, 15) is 4.79 Å². The van der Waals surface area contributed by atoms with Gasteiger partial charge >= 0.3 is 0 Å². The minimum absolute atomic E-state index is 0.179. The third-order valence-corrected chi connectivity index (χ3v) is 4.74. The highest BCUT2D eigenvalue weighted by Crippen LogP contribution is 2.23. The molecule has 6 heteroatoms. The van der Waals surface area contributed by atoms with E-state index in [2.05, 4.69) is 43.3 Å². The molecule has 1 amide bonds. The second kappa shape index (κ2) is 7.32. The highest BCUT2D eigenvalue weighted by Gasteiger charge is 2.23. The molecular formula is C17H17BrClN3O. The predicted octanol–water partition coefficient (Wildman–Crippen LogP) is 3.75. The summed E-state index contributed by atoms with van der Waals surface area (Å²) in [5, 5.41) is 3.20. The van der Waals surface area contributed by atoms with Crippen molar-refractivity contribution in [1.82, 2.24) is 10.3 Å². The molecule has 0 aliphatic carbocycles. The van der Waals surface area contributed by atoms with E-state index in [-0.39, 0.29) is 11.1 Å². The minimum Gasteiger partial charge on any atom is -0.371 e. The van der Waals surface area contributed by atoms with Crippen molar-refractivity contribution in [2.45, 2.75) is 6.42 Å². The van der Waals surface area contributed by atoms with Gasteiger partial charge in [0.15, 0.2) is 0 Å². The quantitative estimate of drug-likeness (QED) is 0.803. The van der Waals surface area contributed by atoms with Gasteiger partial charge in [0.25, 0.3) is 5.91 Å². The largest absolute Gasteiger partial charge is 0.371 e. The fraction of sp³-hybridized carbons (Fsp3) is 0.294. The number of para-hydroxylation sites is 1. The van der Waals surface area contributed by atoms with Gasteiger partial charge in [-0.25, -0.2) is 4.98 Å². The van der Waals surface area contributed by atoms with Crippen LogP contribution in [0.4, 0.5) is 5.69 Å². The van der Waals surface area contributed by atoms with Crippen molar-refractivity contribution in [3.63, 3.8) is 0 Å². The number of carbonyl (C=O) groups excluding carboxylic acids is 1. The van der Waals surface area contributed by atoms with Crippen LogP contribution in [-0.2, 0) is 0 Å². The molecule has 4 nitrogen and oxygen atoms in total. The van der Waals surface area contributed by atoms with Crippen molar-refractivity contribution in [2.24, 2.45) is 5.92 Å². The van der Waals surface area contributed by atoms with E-state index in [1.165, 1.54) is 5.69 Å². The van der Waals surface area contributed by atoms with E-state index in [1.807, 2.05) is 18.2 Å². The number of halogens is 2. The molecule has 23 heavy (non-hydrogen) atoms. The number of amides is 1. The van der Waals surface area contributed by atoms with Crippen LogP contribution in [0.5, 0.6) is 0 Å². The van der Waals surface area contributed by atoms with Crippen LogP contribution in [-0.4, -0.2) is 30.5 Å². The Kier molecular flexibility index (Phi) is 5.18. The van der Waals surface area contributed by atoms with Crippen molar-refractivity contribution in [3.05, 3.63) is 57.8 Å². The zero-order valence-corrected chi connectivity index (χ0v) is 14.8. The summed E-state index contributed by atoms with van der Waals surface area (Å²) in [5.74, 6) is 0.264. The topological polar surface area (TPSA) is 45.2 Å². The average Bonchev–Trinajstić information content (AvgIpc) is 3.05. The minimum atomic E-state index is -0.179. The Balaban J connectivity index is 1.55. The van der Waals surface area contributed by atoms with Crippen LogP contribution in [0.2, 0.25) is 5.15 Å². The molecule has 1 atom stereocenters. The van der Waals surface area contributed by atoms with Gasteiger partial charge in [-0.1, -0.05) is 29.8 Å². The lowest BCUT2D eigenvalue weighted by Crippen LogP contribution is -2.31. The number of aromatic nitrogens is 1. The molecule has 2 aromatic rings. The van der Waals surface area contributed by atoms with Gasteiger partial charge < -0.3 is 10.2 Å². The average molecular weight is 395 g/mol. The first kappa shape index (κ1) is 16.3. The Morgan fingerprint density at radius 1 is 1.39 bits per heavy atom. The van der Waals surface area contributed by atoms with Crippen LogP contribution in [0.25, 0.3) is 0 Å². The van der Waals surface area contributed by atoms with Crippen LogP contribution >= 0.6 is 27.5 Å². The van der Waals surface area contributed by atoms with Gasteiger partial charge in [-0.2, -0.15) is 0 Å². The van der Waals surface area contributed by atoms with E-state index >= 15 is 0 Å². The van der Waals surface area contributed by atoms with Crippen LogP contribution in [0, 0.1) is 5.92 Å². The molecule has 1 unspecified atom stereocenters. The molecular weight excluding hydrogens is 378 g/mol. The third kappa shape index (κ3) is 4.03. The SMILES string of the molecule is O=C(NCC1CCN(c2ccccc2)C1)c1cc(Br)cnc1Cl. The molecule has 2 heterocycles. The Morgan fingerprint density at radius 3 is 2.96 bits per heavy atom. The summed E-state index contributed by atoms with van der Waals surface area (Å²) in [7, 11) is 0. The Bertz CT molecular complexity index is 695. The molecule has 1 aliphatic heterocycles. The number of benzene rings is 1. The fourth-order valence-corrected chi connectivity index (χ4v) is 3.31. The maximum absolute atomic E-state index is 12.3. The molecule has 1 aliphatic rings. The van der Waals surface area contributed by atoms with Gasteiger partial charge in [-0.15, -0.1) is 0 Å². The lowest BCUT2D eigenvalue weighted by Gasteiger charge is -2.18. The Morgan fingerprint density at radius 2 is 2.17 bits per heavy atom. The lowest BCUT2D eigenvalue weighted by molar-refractivity contribution is 0.0948. The summed E-state index contributed by atoms with van der Waals surface area (Å²) in [6.45, 7) is 2.61. The molecule has 0 saturated carbocycles. The second-order valence-corrected chi connectivity index (χ2v) is 6.91. The molecule has 120 valence electrons. The van der Waals surface area contributed by atoms with Gasteiger partial charge in [0.1, 0.15) is 5.15 Å². The summed E-state index contributed by atoms with van der Waals surface area (Å²) < 4.78 is 0.739. The number of nitrogens with zero attached hydrogens (tertiary/aromatic N) is 2. The first-order valence-corrected chi connectivity index (χ1v) is 8.70. The first-order valence-electron chi connectivity index (χ1n) is 7.52. The van der Waals surface area contributed by atoms with Crippen molar-refractivity contribution in [1.29, 1.82) is 0 Å². The number of carbonyl (C=O) groups is 1. The molecule has 1 N–H and O–H groups in total. The Hall–Kier alpha value is -1.59. The number of hydrogen-bond acceptors (Lipinski definition) is 3. The predicted molar refractivity (Wildman–Crippen MR) is 96.0 cm³/mol. The van der Waals surface area contributed by atoms with Crippen LogP contribution in [0.3, 0.4) is 0 Å². The summed E-state index contributed by atoms with van der Waals surface area (Å²) in [6, 6.07) is 12.0. The van der Waals surface area contributed by atoms with Crippen LogP contribution in [0.15, 0.2) is 47.1 Å². The number of rotatable bonds is 4. The van der Waals surface area contributed by atoms with E-state index < -0.39 is 0 Å². The van der Waals surface area contributed by atoms with Crippen molar-refractivity contribution in [2.75, 3.05) is 24.5 Å². The second-order valence-electron chi connectivity index (χ2n) is 5.64. The van der Waals surface area contributed by atoms with E-state index in [0.717, 1.165) is 24.0 Å². The van der Waals surface area contributed by atoms with E-state index in [0.29, 0.717) is 18.0 Å². The number of nitrogens with one attached hydrogen (secondary N) is 1. The fourth-order valence-electron chi connectivity index (χ4n) is 2.79. The highest BCUT2D eigenvalue weighted by atomic mass is 79.9. The summed E-state index contributed by atoms with van der Waals surface area (Å²) >= 11 is 9.30. The standard InChI is InChI=1S/C17H17BrClN3O/c18-13-8-15(16(19)20-10-13)17(23)21-9-12-6-7-22(11-12)14-4-2-1-3-5-14/h1-5,8,10,12H,6-7,9,11H2,(H,21,23). The summed E-state index contributed by atoms with van der Waals surface area (Å²) in [5.41, 5.74) is 1.64. The monoisotopic (exact) mass is 393 g/mol. The number of anilines is 1. The molecule has 3 rings (SSSR count).